The number of hydrogen-bond acceptors (Lipinski definition) is 6. The summed E-state index contributed by atoms with van der Waals surface area (Å²) in [6.45, 7) is 1.55. The number of rotatable bonds is 12. The number of carbonyl (C=O) groups excluding carboxylic acids is 2. The van der Waals surface area contributed by atoms with E-state index in [1.54, 1.807) is 0 Å². The maximum Gasteiger partial charge on any atom is 0.323 e. The van der Waals surface area contributed by atoms with Gasteiger partial charge < -0.3 is 19.6 Å². The third kappa shape index (κ3) is 6.48. The molecule has 1 saturated carbocycles. The molecular formula is C25H34N4O5. The first-order valence-corrected chi connectivity index (χ1v) is 12.4. The summed E-state index contributed by atoms with van der Waals surface area (Å²) in [6.07, 6.45) is 9.10. The number of hydrogen-bond donors (Lipinski definition) is 2. The van der Waals surface area contributed by atoms with Crippen LogP contribution in [0.2, 0.25) is 0 Å². The Hall–Kier alpha value is -3.10. The lowest BCUT2D eigenvalue weighted by Crippen LogP contribution is -2.36. The number of nitrogens with one attached hydrogen (secondary N) is 1. The molecule has 2 fully saturated rings. The van der Waals surface area contributed by atoms with E-state index in [1.165, 1.54) is 37.0 Å². The maximum absolute atomic E-state index is 12.6. The summed E-state index contributed by atoms with van der Waals surface area (Å²) in [6, 6.07) is 5.65. The molecular weight excluding hydrogens is 436 g/mol. The molecule has 1 aromatic rings. The molecule has 0 spiro atoms. The van der Waals surface area contributed by atoms with E-state index in [4.69, 9.17) is 4.74 Å². The summed E-state index contributed by atoms with van der Waals surface area (Å²) < 4.78 is 5.81. The van der Waals surface area contributed by atoms with Crippen LogP contribution in [-0.4, -0.2) is 64.9 Å². The molecule has 1 saturated heterocycles. The van der Waals surface area contributed by atoms with E-state index >= 15 is 0 Å². The highest BCUT2D eigenvalue weighted by molar-refractivity contribution is 6.05. The summed E-state index contributed by atoms with van der Waals surface area (Å²) >= 11 is 0. The van der Waals surface area contributed by atoms with Crippen molar-refractivity contribution in [1.82, 2.24) is 15.1 Å². The van der Waals surface area contributed by atoms with Gasteiger partial charge in [0.05, 0.1) is 12.3 Å². The van der Waals surface area contributed by atoms with Gasteiger partial charge in [0, 0.05) is 25.6 Å². The lowest BCUT2D eigenvalue weighted by atomic mass is 10.0. The summed E-state index contributed by atoms with van der Waals surface area (Å²) in [5, 5.41) is 11.9. The number of amides is 2. The number of aliphatic carboxylic acids is 1. The average Bonchev–Trinajstić information content (AvgIpc) is 3.45. The molecule has 2 N–H and O–H groups in total. The van der Waals surface area contributed by atoms with Gasteiger partial charge in [-0.15, -0.1) is 0 Å². The van der Waals surface area contributed by atoms with Crippen molar-refractivity contribution in [3.63, 3.8) is 0 Å². The summed E-state index contributed by atoms with van der Waals surface area (Å²) in [5.41, 5.74) is 1.80. The Balaban J connectivity index is 1.20. The number of unbranched alkanes of at least 4 members (excludes halogenated alkanes) is 1. The molecule has 4 rings (SSSR count). The average molecular weight is 471 g/mol. The molecule has 3 aliphatic rings. The van der Waals surface area contributed by atoms with Crippen molar-refractivity contribution in [3.05, 3.63) is 23.8 Å². The fourth-order valence-electron chi connectivity index (χ4n) is 4.97. The van der Waals surface area contributed by atoms with Gasteiger partial charge >= 0.3 is 5.97 Å². The largest absolute Gasteiger partial charge is 0.494 e. The second kappa shape index (κ2) is 11.4. The second-order valence-corrected chi connectivity index (χ2v) is 9.44. The van der Waals surface area contributed by atoms with Crippen LogP contribution >= 0.6 is 0 Å². The molecule has 0 atom stereocenters. The van der Waals surface area contributed by atoms with E-state index < -0.39 is 5.97 Å². The number of nitrogens with zero attached hydrogens (tertiary/aromatic N) is 3. The molecule has 0 aromatic heterocycles. The van der Waals surface area contributed by atoms with Crippen LogP contribution < -0.4 is 10.1 Å². The summed E-state index contributed by atoms with van der Waals surface area (Å²) in [4.78, 5) is 43.3. The van der Waals surface area contributed by atoms with Crippen LogP contribution in [0, 0.1) is 5.92 Å². The normalized spacial score (nSPS) is 17.1. The van der Waals surface area contributed by atoms with Gasteiger partial charge in [-0.1, -0.05) is 44.6 Å². The van der Waals surface area contributed by atoms with Gasteiger partial charge in [0.1, 0.15) is 18.8 Å². The van der Waals surface area contributed by atoms with Crippen LogP contribution in [0.5, 0.6) is 5.75 Å². The van der Waals surface area contributed by atoms with Crippen LogP contribution in [0.15, 0.2) is 23.2 Å². The lowest BCUT2D eigenvalue weighted by Gasteiger charge is -2.23. The number of aliphatic imine (C=N–C) groups is 1. The first-order valence-electron chi connectivity index (χ1n) is 12.4. The Morgan fingerprint density at radius 2 is 2.00 bits per heavy atom. The van der Waals surface area contributed by atoms with Crippen LogP contribution in [0.4, 0.5) is 5.69 Å². The molecule has 9 nitrogen and oxygen atoms in total. The molecule has 0 unspecified atom stereocenters. The molecule has 2 heterocycles. The van der Waals surface area contributed by atoms with E-state index in [9.17, 15) is 19.5 Å². The Morgan fingerprint density at radius 3 is 2.79 bits per heavy atom. The number of carboxylic acid groups (broad SMARTS) is 1. The quantitative estimate of drug-likeness (QED) is 0.454. The fourth-order valence-corrected chi connectivity index (χ4v) is 4.97. The van der Waals surface area contributed by atoms with Crippen LogP contribution in [-0.2, 0) is 20.9 Å². The number of guanidine groups is 1. The van der Waals surface area contributed by atoms with Gasteiger partial charge in [-0.05, 0) is 30.4 Å². The first-order chi connectivity index (χ1) is 16.5. The zero-order valence-corrected chi connectivity index (χ0v) is 19.6. The van der Waals surface area contributed by atoms with Crippen molar-refractivity contribution in [2.45, 2.75) is 64.3 Å². The van der Waals surface area contributed by atoms with E-state index in [0.717, 1.165) is 30.0 Å². The van der Waals surface area contributed by atoms with Crippen molar-refractivity contribution in [1.29, 1.82) is 0 Å². The minimum Gasteiger partial charge on any atom is -0.494 e. The number of fused-ring (bicyclic) bond motifs is 2. The molecule has 0 bridgehead atoms. The predicted molar refractivity (Wildman–Crippen MR) is 127 cm³/mol. The third-order valence-electron chi connectivity index (χ3n) is 6.78. The Kier molecular flexibility index (Phi) is 8.03. The topological polar surface area (TPSA) is 112 Å². The highest BCUT2D eigenvalue weighted by atomic mass is 16.5. The summed E-state index contributed by atoms with van der Waals surface area (Å²) in [7, 11) is 0. The molecule has 2 aliphatic heterocycles. The monoisotopic (exact) mass is 470 g/mol. The van der Waals surface area contributed by atoms with Crippen molar-refractivity contribution >= 4 is 29.4 Å². The molecule has 184 valence electrons. The van der Waals surface area contributed by atoms with Gasteiger partial charge in [0.2, 0.25) is 17.8 Å². The standard InChI is InChI=1S/C25H34N4O5/c30-22-16-29-15-19-10-11-20(14-21(19)26-25(29)27-22)34-13-5-9-23(31)28(17-24(32)33)12-4-3-8-18-6-1-2-7-18/h10-11,14,18H,1-9,12-13,15-17H2,(H,32,33)(H,26,27,30). The molecule has 9 heteroatoms. The van der Waals surface area contributed by atoms with Crippen molar-refractivity contribution < 1.29 is 24.2 Å². The Labute approximate surface area is 200 Å². The second-order valence-electron chi connectivity index (χ2n) is 9.44. The van der Waals surface area contributed by atoms with E-state index in [-0.39, 0.29) is 24.8 Å². The molecule has 0 radical (unpaired) electrons. The van der Waals surface area contributed by atoms with E-state index in [2.05, 4.69) is 10.3 Å². The number of carboxylic acids is 1. The highest BCUT2D eigenvalue weighted by Gasteiger charge is 2.29. The Bertz CT molecular complexity index is 941. The van der Waals surface area contributed by atoms with E-state index in [1.807, 2.05) is 23.1 Å². The van der Waals surface area contributed by atoms with Crippen molar-refractivity contribution in [3.8, 4) is 5.75 Å². The fraction of sp³-hybridized carbons (Fsp3) is 0.600. The van der Waals surface area contributed by atoms with Crippen LogP contribution in [0.1, 0.15) is 63.4 Å². The number of carbonyl (C=O) groups is 3. The number of ether oxygens (including phenoxy) is 1. The lowest BCUT2D eigenvalue weighted by molar-refractivity contribution is -0.144. The maximum atomic E-state index is 12.6. The molecule has 2 amide bonds. The van der Waals surface area contributed by atoms with Gasteiger partial charge in [0.15, 0.2) is 0 Å². The minimum atomic E-state index is -0.979. The molecule has 1 aliphatic carbocycles. The van der Waals surface area contributed by atoms with Crippen LogP contribution in [0.3, 0.4) is 0 Å². The van der Waals surface area contributed by atoms with Crippen molar-refractivity contribution in [2.24, 2.45) is 10.9 Å². The third-order valence-corrected chi connectivity index (χ3v) is 6.78. The molecule has 1 aromatic carbocycles. The zero-order chi connectivity index (χ0) is 23.9. The highest BCUT2D eigenvalue weighted by Crippen LogP contribution is 2.31. The van der Waals surface area contributed by atoms with Crippen LogP contribution in [0.25, 0.3) is 0 Å². The van der Waals surface area contributed by atoms with Gasteiger partial charge in [-0.2, -0.15) is 0 Å². The summed E-state index contributed by atoms with van der Waals surface area (Å²) in [5.74, 6) is 0.864. The van der Waals surface area contributed by atoms with Gasteiger partial charge in [-0.25, -0.2) is 4.99 Å². The predicted octanol–water partition coefficient (Wildman–Crippen LogP) is 3.05. The minimum absolute atomic E-state index is 0.0570. The Morgan fingerprint density at radius 1 is 1.18 bits per heavy atom. The zero-order valence-electron chi connectivity index (χ0n) is 19.6. The molecule has 34 heavy (non-hydrogen) atoms. The van der Waals surface area contributed by atoms with Crippen molar-refractivity contribution in [2.75, 3.05) is 26.2 Å². The number of benzene rings is 1. The SMILES string of the molecule is O=C(O)CN(CCCCC1CCCC1)C(=O)CCCOc1ccc2c(c1)N=C1NC(=O)CN1C2. The van der Waals surface area contributed by atoms with Gasteiger partial charge in [0.25, 0.3) is 0 Å². The smallest absolute Gasteiger partial charge is 0.323 e. The first kappa shape index (κ1) is 24.0. The van der Waals surface area contributed by atoms with E-state index in [0.29, 0.717) is 44.4 Å². The van der Waals surface area contributed by atoms with Gasteiger partial charge in [-0.3, -0.25) is 19.7 Å².